The number of hydrogen-bond acceptors (Lipinski definition) is 5. The summed E-state index contributed by atoms with van der Waals surface area (Å²) in [5.41, 5.74) is 0.746. The van der Waals surface area contributed by atoms with Crippen LogP contribution in [0.1, 0.15) is 31.6 Å². The average Bonchev–Trinajstić information content (AvgIpc) is 2.74. The molecule has 1 aliphatic rings. The second kappa shape index (κ2) is 8.83. The number of carbonyl (C=O) groups is 1. The zero-order chi connectivity index (χ0) is 22.8. The molecular formula is C20H22F3N3O4S. The van der Waals surface area contributed by atoms with E-state index in [0.717, 1.165) is 18.2 Å². The first kappa shape index (κ1) is 23.0. The molecule has 1 fully saturated rings. The summed E-state index contributed by atoms with van der Waals surface area (Å²) in [4.78, 5) is 17.0. The summed E-state index contributed by atoms with van der Waals surface area (Å²) in [5.74, 6) is -2.43. The van der Waals surface area contributed by atoms with Crippen molar-refractivity contribution in [1.82, 2.24) is 9.88 Å². The molecule has 11 heteroatoms. The summed E-state index contributed by atoms with van der Waals surface area (Å²) >= 11 is 0. The second-order valence-electron chi connectivity index (χ2n) is 7.36. The van der Waals surface area contributed by atoms with Gasteiger partial charge in [-0.3, -0.25) is 4.98 Å². The molecule has 0 saturated carbocycles. The maximum atomic E-state index is 14.8. The molecule has 1 aliphatic heterocycles. The highest BCUT2D eigenvalue weighted by molar-refractivity contribution is 7.92. The van der Waals surface area contributed by atoms with Crippen LogP contribution in [0, 0.1) is 11.7 Å². The fraction of sp³-hybridized carbons (Fsp3) is 0.400. The number of urea groups is 1. The Labute approximate surface area is 177 Å². The van der Waals surface area contributed by atoms with Gasteiger partial charge in [0.1, 0.15) is 5.82 Å². The molecule has 1 aromatic carbocycles. The molecule has 7 nitrogen and oxygen atoms in total. The second-order valence-corrected chi connectivity index (χ2v) is 9.38. The van der Waals surface area contributed by atoms with Gasteiger partial charge >= 0.3 is 11.3 Å². The van der Waals surface area contributed by atoms with Gasteiger partial charge in [0.05, 0.1) is 16.7 Å². The van der Waals surface area contributed by atoms with Gasteiger partial charge in [-0.05, 0) is 50.1 Å². The highest BCUT2D eigenvalue weighted by Crippen LogP contribution is 2.41. The third-order valence-electron chi connectivity index (χ3n) is 5.18. The van der Waals surface area contributed by atoms with Crippen LogP contribution in [0.15, 0.2) is 47.5 Å². The Bertz CT molecular complexity index is 1060. The summed E-state index contributed by atoms with van der Waals surface area (Å²) < 4.78 is 67.8. The van der Waals surface area contributed by atoms with Gasteiger partial charge in [0.15, 0.2) is 0 Å². The van der Waals surface area contributed by atoms with E-state index in [2.05, 4.69) is 10.3 Å². The Balaban J connectivity index is 1.65. The van der Waals surface area contributed by atoms with Gasteiger partial charge in [-0.25, -0.2) is 17.6 Å². The number of aliphatic hydroxyl groups is 1. The van der Waals surface area contributed by atoms with Crippen molar-refractivity contribution in [1.29, 1.82) is 0 Å². The van der Waals surface area contributed by atoms with Crippen LogP contribution in [0.5, 0.6) is 0 Å². The van der Waals surface area contributed by atoms with Crippen LogP contribution in [0.4, 0.5) is 23.7 Å². The molecule has 0 radical (unpaired) electrons. The summed E-state index contributed by atoms with van der Waals surface area (Å²) in [6, 6.07) is 6.03. The Morgan fingerprint density at radius 2 is 1.94 bits per heavy atom. The SMILES string of the molecule is C[C@H](O)c1cc(NC(=O)N2CCC(C(F)(F)S(=O)(=O)c3cccc(F)c3)CC2)ccn1. The highest BCUT2D eigenvalue weighted by Gasteiger charge is 2.53. The molecule has 0 unspecified atom stereocenters. The van der Waals surface area contributed by atoms with E-state index >= 15 is 0 Å². The van der Waals surface area contributed by atoms with Crippen LogP contribution in [0.2, 0.25) is 0 Å². The van der Waals surface area contributed by atoms with Crippen molar-refractivity contribution in [3.05, 3.63) is 54.1 Å². The van der Waals surface area contributed by atoms with Gasteiger partial charge in [-0.15, -0.1) is 0 Å². The van der Waals surface area contributed by atoms with Gasteiger partial charge in [-0.1, -0.05) is 6.07 Å². The summed E-state index contributed by atoms with van der Waals surface area (Å²) in [7, 11) is -5.08. The number of amides is 2. The van der Waals surface area contributed by atoms with Crippen LogP contribution in [0.25, 0.3) is 0 Å². The van der Waals surface area contributed by atoms with E-state index in [1.165, 1.54) is 30.2 Å². The first-order valence-corrected chi connectivity index (χ1v) is 11.1. The molecule has 0 spiro atoms. The number of likely N-dealkylation sites (tertiary alicyclic amines) is 1. The summed E-state index contributed by atoms with van der Waals surface area (Å²) in [6.45, 7) is 1.38. The first-order valence-electron chi connectivity index (χ1n) is 9.60. The van der Waals surface area contributed by atoms with Crippen LogP contribution < -0.4 is 5.32 Å². The van der Waals surface area contributed by atoms with E-state index in [9.17, 15) is 31.5 Å². The quantitative estimate of drug-likeness (QED) is 0.715. The zero-order valence-corrected chi connectivity index (χ0v) is 17.4. The van der Waals surface area contributed by atoms with Gasteiger partial charge in [0.25, 0.3) is 0 Å². The Morgan fingerprint density at radius 1 is 1.26 bits per heavy atom. The number of nitrogens with one attached hydrogen (secondary N) is 1. The van der Waals surface area contributed by atoms with Crippen molar-refractivity contribution < 1.29 is 31.5 Å². The lowest BCUT2D eigenvalue weighted by molar-refractivity contribution is 0.000415. The lowest BCUT2D eigenvalue weighted by Crippen LogP contribution is -2.47. The van der Waals surface area contributed by atoms with E-state index in [1.807, 2.05) is 0 Å². The minimum atomic E-state index is -5.08. The highest BCUT2D eigenvalue weighted by atomic mass is 32.2. The molecule has 2 aromatic rings. The van der Waals surface area contributed by atoms with Crippen LogP contribution in [-0.2, 0) is 9.84 Å². The maximum absolute atomic E-state index is 14.8. The van der Waals surface area contributed by atoms with Crippen molar-refractivity contribution in [2.24, 2.45) is 5.92 Å². The molecule has 2 amide bonds. The minimum Gasteiger partial charge on any atom is -0.387 e. The molecule has 2 N–H and O–H groups in total. The fourth-order valence-corrected chi connectivity index (χ4v) is 4.90. The van der Waals surface area contributed by atoms with E-state index in [4.69, 9.17) is 0 Å². The number of carbonyl (C=O) groups excluding carboxylic acids is 1. The monoisotopic (exact) mass is 457 g/mol. The molecule has 168 valence electrons. The van der Waals surface area contributed by atoms with E-state index < -0.39 is 43.9 Å². The van der Waals surface area contributed by atoms with Crippen molar-refractivity contribution in [2.75, 3.05) is 18.4 Å². The molecule has 1 aromatic heterocycles. The topological polar surface area (TPSA) is 99.6 Å². The number of rotatable bonds is 5. The number of halogens is 3. The molecule has 1 saturated heterocycles. The van der Waals surface area contributed by atoms with E-state index in [0.29, 0.717) is 17.4 Å². The van der Waals surface area contributed by atoms with E-state index in [-0.39, 0.29) is 25.9 Å². The van der Waals surface area contributed by atoms with Gasteiger partial charge < -0.3 is 15.3 Å². The Morgan fingerprint density at radius 3 is 2.55 bits per heavy atom. The minimum absolute atomic E-state index is 0.0703. The maximum Gasteiger partial charge on any atom is 0.352 e. The number of aromatic nitrogens is 1. The van der Waals surface area contributed by atoms with Crippen molar-refractivity contribution in [3.8, 4) is 0 Å². The number of sulfone groups is 1. The lowest BCUT2D eigenvalue weighted by Gasteiger charge is -2.35. The summed E-state index contributed by atoms with van der Waals surface area (Å²) in [6.07, 6.45) is 0.130. The van der Waals surface area contributed by atoms with E-state index in [1.54, 1.807) is 0 Å². The van der Waals surface area contributed by atoms with Crippen molar-refractivity contribution in [2.45, 2.75) is 36.0 Å². The molecule has 2 heterocycles. The molecule has 0 bridgehead atoms. The van der Waals surface area contributed by atoms with Gasteiger partial charge in [0, 0.05) is 30.9 Å². The molecule has 0 aliphatic carbocycles. The molecule has 3 rings (SSSR count). The number of pyridine rings is 1. The normalized spacial score (nSPS) is 16.7. The number of benzene rings is 1. The zero-order valence-electron chi connectivity index (χ0n) is 16.6. The Kier molecular flexibility index (Phi) is 6.56. The fourth-order valence-electron chi connectivity index (χ4n) is 3.39. The van der Waals surface area contributed by atoms with Crippen LogP contribution in [0.3, 0.4) is 0 Å². The predicted octanol–water partition coefficient (Wildman–Crippen LogP) is 3.58. The molecule has 1 atom stereocenters. The van der Waals surface area contributed by atoms with Crippen LogP contribution >= 0.6 is 0 Å². The molecule has 31 heavy (non-hydrogen) atoms. The van der Waals surface area contributed by atoms with Crippen molar-refractivity contribution in [3.63, 3.8) is 0 Å². The Hall–Kier alpha value is -2.66. The predicted molar refractivity (Wildman–Crippen MR) is 107 cm³/mol. The van der Waals surface area contributed by atoms with Gasteiger partial charge in [0.2, 0.25) is 9.84 Å². The standard InChI is InChI=1S/C20H22F3N3O4S/c1-13(27)18-12-16(5-8-24-18)25-19(28)26-9-6-14(7-10-26)20(22,23)31(29,30)17-4-2-3-15(21)11-17/h2-5,8,11-14,27H,6-7,9-10H2,1H3,(H,24,25,28)/t13-/m0/s1. The average molecular weight is 457 g/mol. The summed E-state index contributed by atoms with van der Waals surface area (Å²) in [5, 5.41) is 8.09. The largest absolute Gasteiger partial charge is 0.387 e. The van der Waals surface area contributed by atoms with Crippen molar-refractivity contribution >= 4 is 21.6 Å². The number of nitrogens with zero attached hydrogens (tertiary/aromatic N) is 2. The first-order chi connectivity index (χ1) is 14.5. The number of aliphatic hydroxyl groups excluding tert-OH is 1. The third-order valence-corrected chi connectivity index (χ3v) is 7.11. The number of hydrogen-bond donors (Lipinski definition) is 2. The number of piperidine rings is 1. The molecular weight excluding hydrogens is 435 g/mol. The van der Waals surface area contributed by atoms with Crippen LogP contribution in [-0.4, -0.2) is 47.8 Å². The smallest absolute Gasteiger partial charge is 0.352 e. The lowest BCUT2D eigenvalue weighted by atomic mass is 9.97. The number of alkyl halides is 2. The third kappa shape index (κ3) is 4.82. The van der Waals surface area contributed by atoms with Gasteiger partial charge in [-0.2, -0.15) is 8.78 Å². The number of anilines is 1.